The van der Waals surface area contributed by atoms with Crippen LogP contribution >= 0.6 is 0 Å². The second-order valence-electron chi connectivity index (χ2n) is 3.88. The molecule has 0 unspecified atom stereocenters. The van der Waals surface area contributed by atoms with Gasteiger partial charge >= 0.3 is 0 Å². The van der Waals surface area contributed by atoms with Crippen molar-refractivity contribution in [3.8, 4) is 0 Å². The van der Waals surface area contributed by atoms with Gasteiger partial charge in [0.25, 0.3) is 0 Å². The first-order chi connectivity index (χ1) is 7.84. The summed E-state index contributed by atoms with van der Waals surface area (Å²) in [6.45, 7) is 0. The largest absolute Gasteiger partial charge is 0.327 e. The molecule has 0 bridgehead atoms. The highest BCUT2D eigenvalue weighted by Crippen LogP contribution is 2.06. The molecule has 2 rings (SSSR count). The lowest BCUT2D eigenvalue weighted by atomic mass is 10.0. The molecule has 0 saturated heterocycles. The summed E-state index contributed by atoms with van der Waals surface area (Å²) in [6.07, 6.45) is 8.96. The summed E-state index contributed by atoms with van der Waals surface area (Å²) in [5, 5.41) is 0. The third-order valence-corrected chi connectivity index (χ3v) is 2.49. The molecule has 0 saturated carbocycles. The summed E-state index contributed by atoms with van der Waals surface area (Å²) in [5.41, 5.74) is 8.56. The Morgan fingerprint density at radius 1 is 0.812 bits per heavy atom. The highest BCUT2D eigenvalue weighted by molar-refractivity contribution is 5.15. The van der Waals surface area contributed by atoms with E-state index < -0.39 is 0 Å². The van der Waals surface area contributed by atoms with Crippen LogP contribution in [0.4, 0.5) is 0 Å². The van der Waals surface area contributed by atoms with Crippen molar-refractivity contribution in [3.05, 3.63) is 60.2 Å². The predicted octanol–water partition coefficient (Wildman–Crippen LogP) is 1.59. The first-order valence-corrected chi connectivity index (χ1v) is 5.38. The van der Waals surface area contributed by atoms with Crippen LogP contribution in [0.5, 0.6) is 0 Å². The van der Waals surface area contributed by atoms with Crippen molar-refractivity contribution in [3.63, 3.8) is 0 Å². The molecule has 0 aliphatic carbocycles. The summed E-state index contributed by atoms with van der Waals surface area (Å²) in [7, 11) is 0. The summed E-state index contributed by atoms with van der Waals surface area (Å²) in [6, 6.07) is 8.17. The van der Waals surface area contributed by atoms with Crippen LogP contribution in [0.2, 0.25) is 0 Å². The van der Waals surface area contributed by atoms with E-state index in [-0.39, 0.29) is 6.04 Å². The molecule has 0 aromatic carbocycles. The van der Waals surface area contributed by atoms with Crippen molar-refractivity contribution in [2.75, 3.05) is 0 Å². The van der Waals surface area contributed by atoms with E-state index in [0.29, 0.717) is 0 Å². The highest BCUT2D eigenvalue weighted by Gasteiger charge is 2.04. The fourth-order valence-electron chi connectivity index (χ4n) is 1.72. The van der Waals surface area contributed by atoms with Crippen LogP contribution in [-0.2, 0) is 12.8 Å². The zero-order chi connectivity index (χ0) is 11.2. The Bertz CT molecular complexity index is 372. The highest BCUT2D eigenvalue weighted by atomic mass is 14.6. The van der Waals surface area contributed by atoms with Crippen molar-refractivity contribution in [1.82, 2.24) is 9.97 Å². The molecular formula is C13H15N3. The number of aromatic nitrogens is 2. The zero-order valence-corrected chi connectivity index (χ0v) is 9.08. The second-order valence-corrected chi connectivity index (χ2v) is 3.88. The summed E-state index contributed by atoms with van der Waals surface area (Å²) in [5.74, 6) is 0. The lowest BCUT2D eigenvalue weighted by molar-refractivity contribution is 0.664. The molecule has 0 radical (unpaired) electrons. The quantitative estimate of drug-likeness (QED) is 0.839. The molecule has 0 spiro atoms. The van der Waals surface area contributed by atoms with E-state index in [2.05, 4.69) is 9.97 Å². The van der Waals surface area contributed by atoms with Crippen molar-refractivity contribution in [2.24, 2.45) is 5.73 Å². The topological polar surface area (TPSA) is 51.8 Å². The van der Waals surface area contributed by atoms with Gasteiger partial charge in [0.2, 0.25) is 0 Å². The van der Waals surface area contributed by atoms with Crippen LogP contribution in [-0.4, -0.2) is 16.0 Å². The van der Waals surface area contributed by atoms with Gasteiger partial charge in [-0.15, -0.1) is 0 Å². The molecule has 3 nitrogen and oxygen atoms in total. The fourth-order valence-corrected chi connectivity index (χ4v) is 1.72. The normalized spacial score (nSPS) is 10.6. The van der Waals surface area contributed by atoms with E-state index in [0.717, 1.165) is 12.8 Å². The van der Waals surface area contributed by atoms with Gasteiger partial charge in [-0.25, -0.2) is 0 Å². The number of rotatable bonds is 4. The number of pyridine rings is 2. The maximum absolute atomic E-state index is 6.10. The molecule has 0 atom stereocenters. The van der Waals surface area contributed by atoms with Crippen LogP contribution in [0, 0.1) is 0 Å². The van der Waals surface area contributed by atoms with E-state index in [1.807, 2.05) is 24.3 Å². The first kappa shape index (κ1) is 10.8. The van der Waals surface area contributed by atoms with Gasteiger partial charge in [0, 0.05) is 30.8 Å². The lowest BCUT2D eigenvalue weighted by Gasteiger charge is -2.11. The summed E-state index contributed by atoms with van der Waals surface area (Å²) in [4.78, 5) is 7.98. The molecule has 2 heterocycles. The monoisotopic (exact) mass is 213 g/mol. The van der Waals surface area contributed by atoms with Gasteiger partial charge in [0.15, 0.2) is 0 Å². The molecule has 2 aromatic rings. The Labute approximate surface area is 95.4 Å². The Morgan fingerprint density at radius 3 is 1.56 bits per heavy atom. The molecule has 0 amide bonds. The van der Waals surface area contributed by atoms with Crippen LogP contribution in [0.15, 0.2) is 49.1 Å². The van der Waals surface area contributed by atoms with Crippen molar-refractivity contribution >= 4 is 0 Å². The summed E-state index contributed by atoms with van der Waals surface area (Å²) >= 11 is 0. The second kappa shape index (κ2) is 5.37. The Hall–Kier alpha value is -1.74. The average molecular weight is 213 g/mol. The van der Waals surface area contributed by atoms with Crippen molar-refractivity contribution in [1.29, 1.82) is 0 Å². The van der Waals surface area contributed by atoms with Crippen LogP contribution in [0.3, 0.4) is 0 Å². The Morgan fingerprint density at radius 2 is 1.19 bits per heavy atom. The minimum Gasteiger partial charge on any atom is -0.327 e. The molecule has 2 aromatic heterocycles. The minimum atomic E-state index is 0.143. The molecule has 0 aliphatic heterocycles. The van der Waals surface area contributed by atoms with E-state index in [1.165, 1.54) is 11.1 Å². The first-order valence-electron chi connectivity index (χ1n) is 5.38. The van der Waals surface area contributed by atoms with Gasteiger partial charge in [0.05, 0.1) is 0 Å². The third-order valence-electron chi connectivity index (χ3n) is 2.49. The van der Waals surface area contributed by atoms with Crippen molar-refractivity contribution in [2.45, 2.75) is 18.9 Å². The summed E-state index contributed by atoms with van der Waals surface area (Å²) < 4.78 is 0. The minimum absolute atomic E-state index is 0.143. The molecule has 2 N–H and O–H groups in total. The van der Waals surface area contributed by atoms with E-state index in [1.54, 1.807) is 24.8 Å². The van der Waals surface area contributed by atoms with Gasteiger partial charge < -0.3 is 5.73 Å². The predicted molar refractivity (Wildman–Crippen MR) is 63.9 cm³/mol. The third kappa shape index (κ3) is 3.14. The van der Waals surface area contributed by atoms with Crippen LogP contribution in [0.25, 0.3) is 0 Å². The van der Waals surface area contributed by atoms with Gasteiger partial charge in [-0.2, -0.15) is 0 Å². The maximum atomic E-state index is 6.10. The smallest absolute Gasteiger partial charge is 0.0270 e. The molecule has 3 heteroatoms. The van der Waals surface area contributed by atoms with Gasteiger partial charge in [-0.1, -0.05) is 0 Å². The number of hydrogen-bond donors (Lipinski definition) is 1. The number of nitrogens with two attached hydrogens (primary N) is 1. The molecule has 0 fully saturated rings. The molecule has 16 heavy (non-hydrogen) atoms. The number of hydrogen-bond acceptors (Lipinski definition) is 3. The molecular weight excluding hydrogens is 198 g/mol. The fraction of sp³-hybridized carbons (Fsp3) is 0.231. The van der Waals surface area contributed by atoms with E-state index >= 15 is 0 Å². The SMILES string of the molecule is NC(Cc1ccncc1)Cc1ccncc1. The molecule has 0 aliphatic rings. The van der Waals surface area contributed by atoms with Crippen LogP contribution < -0.4 is 5.73 Å². The van der Waals surface area contributed by atoms with E-state index in [4.69, 9.17) is 5.73 Å². The van der Waals surface area contributed by atoms with Crippen molar-refractivity contribution < 1.29 is 0 Å². The van der Waals surface area contributed by atoms with E-state index in [9.17, 15) is 0 Å². The van der Waals surface area contributed by atoms with Gasteiger partial charge in [0.1, 0.15) is 0 Å². The Balaban J connectivity index is 1.92. The maximum Gasteiger partial charge on any atom is 0.0270 e. The lowest BCUT2D eigenvalue weighted by Crippen LogP contribution is -2.25. The standard InChI is InChI=1S/C13H15N3/c14-13(9-11-1-5-15-6-2-11)10-12-3-7-16-8-4-12/h1-8,13H,9-10,14H2. The average Bonchev–Trinajstić information content (AvgIpc) is 2.31. The van der Waals surface area contributed by atoms with Gasteiger partial charge in [-0.3, -0.25) is 9.97 Å². The molecule has 82 valence electrons. The van der Waals surface area contributed by atoms with Gasteiger partial charge in [-0.05, 0) is 48.2 Å². The number of nitrogens with zero attached hydrogens (tertiary/aromatic N) is 2. The van der Waals surface area contributed by atoms with Crippen LogP contribution in [0.1, 0.15) is 11.1 Å². The Kier molecular flexibility index (Phi) is 3.62. The zero-order valence-electron chi connectivity index (χ0n) is 9.08.